The monoisotopic (exact) mass is 452 g/mol. The molecule has 0 aliphatic carbocycles. The number of ether oxygens (including phenoxy) is 1. The van der Waals surface area contributed by atoms with Crippen LogP contribution in [0, 0.1) is 12.8 Å². The molecule has 3 heterocycles. The minimum Gasteiger partial charge on any atom is -0.493 e. The number of fused-ring (bicyclic) bond motifs is 5. The predicted octanol–water partition coefficient (Wildman–Crippen LogP) is 4.47. The van der Waals surface area contributed by atoms with Gasteiger partial charge in [-0.25, -0.2) is 0 Å². The molecule has 34 heavy (non-hydrogen) atoms. The highest BCUT2D eigenvalue weighted by molar-refractivity contribution is 5.99. The third-order valence-electron chi connectivity index (χ3n) is 7.85. The summed E-state index contributed by atoms with van der Waals surface area (Å²) in [6.07, 6.45) is 0. The average molecular weight is 453 g/mol. The van der Waals surface area contributed by atoms with Crippen LogP contribution in [0.3, 0.4) is 0 Å². The van der Waals surface area contributed by atoms with Crippen LogP contribution < -0.4 is 4.74 Å². The molecule has 0 N–H and O–H groups in total. The number of benzene rings is 3. The van der Waals surface area contributed by atoms with Crippen LogP contribution in [0.5, 0.6) is 5.75 Å². The van der Waals surface area contributed by atoms with Crippen LogP contribution in [-0.2, 0) is 16.1 Å². The standard InChI is InChI=1S/C29H28N2O3/c1-19-12-14-20(15-13-19)16-30-17-25(32)31-27-22-10-6-7-11-24(22)34-18-23(27)26(29(31,2)28(30)33)21-8-4-3-5-9-21/h3-15,23,26-27H,16-18H2,1-2H3/t23?,26?,27?,29-/m1/s1. The van der Waals surface area contributed by atoms with Crippen LogP contribution in [0.25, 0.3) is 0 Å². The first-order valence-corrected chi connectivity index (χ1v) is 11.9. The molecule has 2 amide bonds. The third kappa shape index (κ3) is 2.99. The van der Waals surface area contributed by atoms with Crippen molar-refractivity contribution < 1.29 is 14.3 Å². The van der Waals surface area contributed by atoms with E-state index in [9.17, 15) is 9.59 Å². The van der Waals surface area contributed by atoms with Crippen LogP contribution in [0.1, 0.15) is 41.1 Å². The van der Waals surface area contributed by atoms with Gasteiger partial charge in [0.2, 0.25) is 11.8 Å². The zero-order chi connectivity index (χ0) is 23.4. The number of aryl methyl sites for hydroxylation is 1. The van der Waals surface area contributed by atoms with Gasteiger partial charge in [-0.3, -0.25) is 9.59 Å². The maximum atomic E-state index is 14.3. The number of rotatable bonds is 3. The Morgan fingerprint density at radius 1 is 0.941 bits per heavy atom. The zero-order valence-electron chi connectivity index (χ0n) is 19.5. The SMILES string of the molecule is Cc1ccc(CN2CC(=O)N3C4c5ccccc5OCC4C(c4ccccc4)[C@]3(C)C2=O)cc1. The molecule has 6 rings (SSSR count). The summed E-state index contributed by atoms with van der Waals surface area (Å²) >= 11 is 0. The second kappa shape index (κ2) is 7.73. The van der Waals surface area contributed by atoms with Crippen molar-refractivity contribution >= 4 is 11.8 Å². The number of carbonyl (C=O) groups is 2. The highest BCUT2D eigenvalue weighted by Gasteiger charge is 2.66. The maximum Gasteiger partial charge on any atom is 0.249 e. The summed E-state index contributed by atoms with van der Waals surface area (Å²) in [5, 5.41) is 0. The van der Waals surface area contributed by atoms with Crippen LogP contribution in [0.15, 0.2) is 78.9 Å². The smallest absolute Gasteiger partial charge is 0.249 e. The molecule has 0 aromatic heterocycles. The number of nitrogens with zero attached hydrogens (tertiary/aromatic N) is 2. The van der Waals surface area contributed by atoms with Crippen LogP contribution in [-0.4, -0.2) is 40.3 Å². The minimum atomic E-state index is -0.989. The summed E-state index contributed by atoms with van der Waals surface area (Å²) in [4.78, 5) is 31.7. The van der Waals surface area contributed by atoms with E-state index in [0.717, 1.165) is 22.4 Å². The van der Waals surface area contributed by atoms with Gasteiger partial charge in [-0.1, -0.05) is 78.4 Å². The van der Waals surface area contributed by atoms with Crippen molar-refractivity contribution in [2.45, 2.75) is 37.9 Å². The number of piperazine rings is 1. The molecule has 5 nitrogen and oxygen atoms in total. The molecule has 3 aliphatic heterocycles. The topological polar surface area (TPSA) is 49.9 Å². The van der Waals surface area contributed by atoms with Crippen molar-refractivity contribution in [3.63, 3.8) is 0 Å². The minimum absolute atomic E-state index is 0.000606. The Kier molecular flexibility index (Phi) is 4.76. The van der Waals surface area contributed by atoms with E-state index in [1.54, 1.807) is 4.90 Å². The Labute approximate surface area is 199 Å². The lowest BCUT2D eigenvalue weighted by Gasteiger charge is -2.47. The molecule has 2 fully saturated rings. The third-order valence-corrected chi connectivity index (χ3v) is 7.85. The first kappa shape index (κ1) is 21.0. The molecule has 4 atom stereocenters. The molecule has 5 heteroatoms. The van der Waals surface area contributed by atoms with E-state index in [1.165, 1.54) is 5.56 Å². The fraction of sp³-hybridized carbons (Fsp3) is 0.310. The van der Waals surface area contributed by atoms with Gasteiger partial charge in [0.05, 0.1) is 12.6 Å². The van der Waals surface area contributed by atoms with Crippen molar-refractivity contribution in [2.75, 3.05) is 13.2 Å². The summed E-state index contributed by atoms with van der Waals surface area (Å²) in [6, 6.07) is 26.1. The Morgan fingerprint density at radius 3 is 2.41 bits per heavy atom. The first-order chi connectivity index (χ1) is 16.5. The first-order valence-electron chi connectivity index (χ1n) is 11.9. The van der Waals surface area contributed by atoms with E-state index in [-0.39, 0.29) is 36.2 Å². The molecule has 0 spiro atoms. The lowest BCUT2D eigenvalue weighted by molar-refractivity contribution is -0.164. The summed E-state index contributed by atoms with van der Waals surface area (Å²) in [5.41, 5.74) is 3.28. The number of hydrogen-bond donors (Lipinski definition) is 0. The second-order valence-corrected chi connectivity index (χ2v) is 9.90. The van der Waals surface area contributed by atoms with Gasteiger partial charge < -0.3 is 14.5 Å². The van der Waals surface area contributed by atoms with Gasteiger partial charge in [0, 0.05) is 23.9 Å². The van der Waals surface area contributed by atoms with Crippen molar-refractivity contribution in [3.8, 4) is 5.75 Å². The van der Waals surface area contributed by atoms with E-state index in [1.807, 2.05) is 85.5 Å². The Hall–Kier alpha value is -3.60. The predicted molar refractivity (Wildman–Crippen MR) is 129 cm³/mol. The van der Waals surface area contributed by atoms with Gasteiger partial charge in [0.1, 0.15) is 17.8 Å². The van der Waals surface area contributed by atoms with Gasteiger partial charge >= 0.3 is 0 Å². The highest BCUT2D eigenvalue weighted by Crippen LogP contribution is 2.59. The number of amides is 2. The molecular weight excluding hydrogens is 424 g/mol. The highest BCUT2D eigenvalue weighted by atomic mass is 16.5. The van der Waals surface area contributed by atoms with Crippen molar-refractivity contribution in [1.29, 1.82) is 0 Å². The van der Waals surface area contributed by atoms with Gasteiger partial charge in [-0.05, 0) is 31.0 Å². The fourth-order valence-electron chi connectivity index (χ4n) is 6.38. The molecule has 0 radical (unpaired) electrons. The zero-order valence-corrected chi connectivity index (χ0v) is 19.5. The molecular formula is C29H28N2O3. The normalized spacial score (nSPS) is 27.6. The molecule has 172 valence electrons. The molecule has 3 aromatic rings. The summed E-state index contributed by atoms with van der Waals surface area (Å²) in [6.45, 7) is 5.01. The van der Waals surface area contributed by atoms with Crippen LogP contribution in [0.4, 0.5) is 0 Å². The van der Waals surface area contributed by atoms with E-state index < -0.39 is 5.54 Å². The number of hydrogen-bond acceptors (Lipinski definition) is 3. The molecule has 3 unspecified atom stereocenters. The molecule has 0 bridgehead atoms. The van der Waals surface area contributed by atoms with Gasteiger partial charge in [0.15, 0.2) is 0 Å². The van der Waals surface area contributed by atoms with E-state index in [4.69, 9.17) is 4.74 Å². The maximum absolute atomic E-state index is 14.3. The van der Waals surface area contributed by atoms with Gasteiger partial charge in [0.25, 0.3) is 0 Å². The van der Waals surface area contributed by atoms with Crippen molar-refractivity contribution in [3.05, 3.63) is 101 Å². The molecule has 2 saturated heterocycles. The Balaban J connectivity index is 1.47. The van der Waals surface area contributed by atoms with Gasteiger partial charge in [-0.15, -0.1) is 0 Å². The molecule has 3 aromatic carbocycles. The largest absolute Gasteiger partial charge is 0.493 e. The molecule has 3 aliphatic rings. The van der Waals surface area contributed by atoms with Crippen LogP contribution in [0.2, 0.25) is 0 Å². The second-order valence-electron chi connectivity index (χ2n) is 9.90. The lowest BCUT2D eigenvalue weighted by Crippen LogP contribution is -2.65. The quantitative estimate of drug-likeness (QED) is 0.589. The van der Waals surface area contributed by atoms with E-state index >= 15 is 0 Å². The van der Waals surface area contributed by atoms with E-state index in [0.29, 0.717) is 13.2 Å². The summed E-state index contributed by atoms with van der Waals surface area (Å²) in [7, 11) is 0. The van der Waals surface area contributed by atoms with Crippen molar-refractivity contribution in [1.82, 2.24) is 9.80 Å². The summed E-state index contributed by atoms with van der Waals surface area (Å²) in [5.74, 6) is 0.647. The number of carbonyl (C=O) groups excluding carboxylic acids is 2. The Bertz CT molecular complexity index is 1260. The number of para-hydroxylation sites is 1. The van der Waals surface area contributed by atoms with E-state index in [2.05, 4.69) is 12.1 Å². The lowest BCUT2D eigenvalue weighted by atomic mass is 9.73. The van der Waals surface area contributed by atoms with Gasteiger partial charge in [-0.2, -0.15) is 0 Å². The average Bonchev–Trinajstić information content (AvgIpc) is 3.14. The van der Waals surface area contributed by atoms with Crippen molar-refractivity contribution in [2.24, 2.45) is 5.92 Å². The molecule has 0 saturated carbocycles. The fourth-order valence-corrected chi connectivity index (χ4v) is 6.38. The Morgan fingerprint density at radius 2 is 1.65 bits per heavy atom. The van der Waals surface area contributed by atoms with Crippen LogP contribution >= 0.6 is 0 Å². The summed E-state index contributed by atoms with van der Waals surface area (Å²) < 4.78 is 6.18.